The van der Waals surface area contributed by atoms with Crippen LogP contribution in [0.15, 0.2) is 24.7 Å². The van der Waals surface area contributed by atoms with E-state index in [0.717, 1.165) is 17.1 Å². The number of aromatic nitrogens is 4. The molecule has 0 amide bonds. The van der Waals surface area contributed by atoms with Crippen LogP contribution in [0.5, 0.6) is 0 Å². The fourth-order valence-corrected chi connectivity index (χ4v) is 1.56. The zero-order chi connectivity index (χ0) is 11.5. The molecule has 0 radical (unpaired) electrons. The van der Waals surface area contributed by atoms with Crippen LogP contribution in [0.4, 0.5) is 0 Å². The van der Waals surface area contributed by atoms with Gasteiger partial charge < -0.3 is 10.3 Å². The van der Waals surface area contributed by atoms with Crippen molar-refractivity contribution >= 4 is 0 Å². The molecule has 2 heterocycles. The lowest BCUT2D eigenvalue weighted by Crippen LogP contribution is -2.03. The Kier molecular flexibility index (Phi) is 2.96. The van der Waals surface area contributed by atoms with Gasteiger partial charge in [-0.25, -0.2) is 0 Å². The minimum absolute atomic E-state index is 0.333. The van der Waals surface area contributed by atoms with Gasteiger partial charge in [0.2, 0.25) is 0 Å². The normalized spacial score (nSPS) is 11.0. The summed E-state index contributed by atoms with van der Waals surface area (Å²) in [6.45, 7) is 4.62. The first-order valence-corrected chi connectivity index (χ1v) is 5.27. The molecule has 0 spiro atoms. The zero-order valence-electron chi connectivity index (χ0n) is 9.46. The average Bonchev–Trinajstić information content (AvgIpc) is 2.78. The van der Waals surface area contributed by atoms with E-state index in [1.165, 1.54) is 0 Å². The number of rotatable bonds is 3. The highest BCUT2D eigenvalue weighted by atomic mass is 15.3. The fraction of sp³-hybridized carbons (Fsp3) is 0.364. The summed E-state index contributed by atoms with van der Waals surface area (Å²) < 4.78 is 2.02. The molecule has 0 bridgehead atoms. The Morgan fingerprint density at radius 1 is 1.44 bits per heavy atom. The molecule has 0 aliphatic heterocycles. The molecule has 2 N–H and O–H groups in total. The number of nitrogens with zero attached hydrogens (tertiary/aromatic N) is 4. The lowest BCUT2D eigenvalue weighted by molar-refractivity contribution is 0.604. The molecular weight excluding hydrogens is 202 g/mol. The predicted octanol–water partition coefficient (Wildman–Crippen LogP) is 1.38. The molecule has 2 rings (SSSR count). The fourth-order valence-electron chi connectivity index (χ4n) is 1.56. The maximum absolute atomic E-state index is 5.56. The summed E-state index contributed by atoms with van der Waals surface area (Å²) >= 11 is 0. The predicted molar refractivity (Wildman–Crippen MR) is 61.5 cm³/mol. The summed E-state index contributed by atoms with van der Waals surface area (Å²) in [5.74, 6) is 0.854. The maximum Gasteiger partial charge on any atom is 0.164 e. The largest absolute Gasteiger partial charge is 0.325 e. The van der Waals surface area contributed by atoms with Gasteiger partial charge in [0.25, 0.3) is 0 Å². The van der Waals surface area contributed by atoms with Crippen LogP contribution in [-0.2, 0) is 6.54 Å². The second kappa shape index (κ2) is 4.40. The van der Waals surface area contributed by atoms with Crippen molar-refractivity contribution in [1.29, 1.82) is 0 Å². The Hall–Kier alpha value is -1.75. The van der Waals surface area contributed by atoms with Crippen molar-refractivity contribution in [2.75, 3.05) is 0 Å². The Balaban J connectivity index is 2.46. The maximum atomic E-state index is 5.56. The highest BCUT2D eigenvalue weighted by Crippen LogP contribution is 2.19. The molecule has 2 aromatic rings. The van der Waals surface area contributed by atoms with E-state index in [2.05, 4.69) is 29.0 Å². The van der Waals surface area contributed by atoms with Gasteiger partial charge >= 0.3 is 0 Å². The number of pyridine rings is 1. The Bertz CT molecular complexity index is 475. The first-order valence-electron chi connectivity index (χ1n) is 5.27. The van der Waals surface area contributed by atoms with Crippen LogP contribution < -0.4 is 5.73 Å². The molecule has 0 aliphatic rings. The quantitative estimate of drug-likeness (QED) is 0.843. The summed E-state index contributed by atoms with van der Waals surface area (Å²) in [6, 6.07) is 4.20. The van der Waals surface area contributed by atoms with Crippen molar-refractivity contribution < 1.29 is 0 Å². The van der Waals surface area contributed by atoms with Gasteiger partial charge in [0.15, 0.2) is 5.82 Å². The van der Waals surface area contributed by atoms with Crippen LogP contribution in [-0.4, -0.2) is 19.7 Å². The van der Waals surface area contributed by atoms with E-state index >= 15 is 0 Å². The van der Waals surface area contributed by atoms with E-state index in [-0.39, 0.29) is 0 Å². The molecule has 2 aromatic heterocycles. The lowest BCUT2D eigenvalue weighted by atomic mass is 10.2. The van der Waals surface area contributed by atoms with Gasteiger partial charge in [-0.3, -0.25) is 4.98 Å². The SMILES string of the molecule is CC(C)n1cnnc1-c1ccnc(CN)c1. The Morgan fingerprint density at radius 2 is 2.25 bits per heavy atom. The first kappa shape index (κ1) is 10.8. The van der Waals surface area contributed by atoms with Crippen molar-refractivity contribution in [3.8, 4) is 11.4 Å². The minimum atomic E-state index is 0.333. The minimum Gasteiger partial charge on any atom is -0.325 e. The van der Waals surface area contributed by atoms with Gasteiger partial charge in [0.1, 0.15) is 6.33 Å². The molecule has 0 saturated heterocycles. The monoisotopic (exact) mass is 217 g/mol. The molecule has 84 valence electrons. The van der Waals surface area contributed by atoms with Crippen molar-refractivity contribution in [3.63, 3.8) is 0 Å². The third-order valence-electron chi connectivity index (χ3n) is 2.41. The number of hydrogen-bond donors (Lipinski definition) is 1. The highest BCUT2D eigenvalue weighted by Gasteiger charge is 2.09. The summed E-state index contributed by atoms with van der Waals surface area (Å²) in [5, 5.41) is 8.06. The van der Waals surface area contributed by atoms with Crippen LogP contribution in [0.3, 0.4) is 0 Å². The van der Waals surface area contributed by atoms with E-state index in [4.69, 9.17) is 5.73 Å². The van der Waals surface area contributed by atoms with Gasteiger partial charge in [0.05, 0.1) is 5.69 Å². The van der Waals surface area contributed by atoms with Gasteiger partial charge in [-0.2, -0.15) is 0 Å². The molecule has 0 saturated carbocycles. The Labute approximate surface area is 94.3 Å². The molecule has 0 atom stereocenters. The summed E-state index contributed by atoms with van der Waals surface area (Å²) in [4.78, 5) is 4.16. The van der Waals surface area contributed by atoms with Gasteiger partial charge in [-0.1, -0.05) is 0 Å². The van der Waals surface area contributed by atoms with E-state index in [0.29, 0.717) is 12.6 Å². The zero-order valence-corrected chi connectivity index (χ0v) is 9.46. The van der Waals surface area contributed by atoms with Gasteiger partial charge in [0, 0.05) is 24.3 Å². The standard InChI is InChI=1S/C11H15N5/c1-8(2)16-7-14-15-11(16)9-3-4-13-10(5-9)6-12/h3-5,7-8H,6,12H2,1-2H3. The summed E-state index contributed by atoms with van der Waals surface area (Å²) in [5.41, 5.74) is 7.42. The smallest absolute Gasteiger partial charge is 0.164 e. The second-order valence-corrected chi connectivity index (χ2v) is 3.90. The third-order valence-corrected chi connectivity index (χ3v) is 2.41. The van der Waals surface area contributed by atoms with Crippen molar-refractivity contribution in [3.05, 3.63) is 30.4 Å². The molecule has 0 aromatic carbocycles. The van der Waals surface area contributed by atoms with Crippen molar-refractivity contribution in [1.82, 2.24) is 19.7 Å². The molecule has 0 fully saturated rings. The number of hydrogen-bond acceptors (Lipinski definition) is 4. The summed E-state index contributed by atoms with van der Waals surface area (Å²) in [7, 11) is 0. The first-order chi connectivity index (χ1) is 7.72. The molecular formula is C11H15N5. The molecule has 5 heteroatoms. The van der Waals surface area contributed by atoms with Crippen LogP contribution in [0.1, 0.15) is 25.6 Å². The number of nitrogens with two attached hydrogens (primary N) is 1. The Morgan fingerprint density at radius 3 is 2.94 bits per heavy atom. The highest BCUT2D eigenvalue weighted by molar-refractivity contribution is 5.55. The van der Waals surface area contributed by atoms with Gasteiger partial charge in [-0.15, -0.1) is 10.2 Å². The molecule has 5 nitrogen and oxygen atoms in total. The summed E-state index contributed by atoms with van der Waals surface area (Å²) in [6.07, 6.45) is 3.49. The van der Waals surface area contributed by atoms with E-state index in [1.54, 1.807) is 12.5 Å². The lowest BCUT2D eigenvalue weighted by Gasteiger charge is -2.10. The third kappa shape index (κ3) is 1.94. The molecule has 0 aliphatic carbocycles. The van der Waals surface area contributed by atoms with Crippen LogP contribution in [0.25, 0.3) is 11.4 Å². The van der Waals surface area contributed by atoms with E-state index < -0.39 is 0 Å². The molecule has 0 unspecified atom stereocenters. The van der Waals surface area contributed by atoms with Gasteiger partial charge in [-0.05, 0) is 26.0 Å². The average molecular weight is 217 g/mol. The van der Waals surface area contributed by atoms with Crippen LogP contribution in [0.2, 0.25) is 0 Å². The van der Waals surface area contributed by atoms with E-state index in [1.807, 2.05) is 16.7 Å². The van der Waals surface area contributed by atoms with E-state index in [9.17, 15) is 0 Å². The van der Waals surface area contributed by atoms with Crippen molar-refractivity contribution in [2.24, 2.45) is 5.73 Å². The van der Waals surface area contributed by atoms with Crippen molar-refractivity contribution in [2.45, 2.75) is 26.4 Å². The molecule has 16 heavy (non-hydrogen) atoms. The second-order valence-electron chi connectivity index (χ2n) is 3.90. The van der Waals surface area contributed by atoms with Crippen LogP contribution in [0, 0.1) is 0 Å². The van der Waals surface area contributed by atoms with Crippen LogP contribution >= 0.6 is 0 Å². The topological polar surface area (TPSA) is 69.6 Å².